The zero-order valence-electron chi connectivity index (χ0n) is 43.2. The van der Waals surface area contributed by atoms with Gasteiger partial charge in [0.25, 0.3) is 6.71 Å². The fourth-order valence-electron chi connectivity index (χ4n) is 11.7. The summed E-state index contributed by atoms with van der Waals surface area (Å²) in [5.74, 6) is 0. The Labute approximate surface area is 416 Å². The maximum absolute atomic E-state index is 2.69. The first-order valence-electron chi connectivity index (χ1n) is 25.3. The van der Waals surface area contributed by atoms with Gasteiger partial charge in [-0.2, -0.15) is 0 Å². The number of nitrogens with zero attached hydrogens (tertiary/aromatic N) is 3. The van der Waals surface area contributed by atoms with E-state index >= 15 is 0 Å². The van der Waals surface area contributed by atoms with Crippen LogP contribution in [0.3, 0.4) is 0 Å². The normalized spacial score (nSPS) is 15.9. The second-order valence-electron chi connectivity index (χ2n) is 24.6. The third-order valence-corrected chi connectivity index (χ3v) is 16.9. The highest BCUT2D eigenvalue weighted by Gasteiger charge is 2.49. The maximum Gasteiger partial charge on any atom is 0.264 e. The molecule has 11 rings (SSSR count). The molecule has 3 aliphatic rings. The first kappa shape index (κ1) is 45.4. The van der Waals surface area contributed by atoms with Crippen LogP contribution in [0, 0.1) is 0 Å². The Morgan fingerprint density at radius 1 is 0.493 bits per heavy atom. The molecule has 0 N–H and O–H groups in total. The zero-order chi connectivity index (χ0) is 48.6. The van der Waals surface area contributed by atoms with E-state index in [0.29, 0.717) is 0 Å². The molecule has 0 bridgehead atoms. The summed E-state index contributed by atoms with van der Waals surface area (Å²) in [6.07, 6.45) is 2.32. The zero-order valence-corrected chi connectivity index (χ0v) is 44.0. The number of hydrogen-bond acceptors (Lipinski definition) is 4. The van der Waals surface area contributed by atoms with Crippen LogP contribution in [0.5, 0.6) is 0 Å². The summed E-state index contributed by atoms with van der Waals surface area (Å²) in [4.78, 5) is 7.82. The van der Waals surface area contributed by atoms with Gasteiger partial charge in [-0.1, -0.05) is 169 Å². The van der Waals surface area contributed by atoms with E-state index in [4.69, 9.17) is 0 Å². The van der Waals surface area contributed by atoms with E-state index < -0.39 is 0 Å². The lowest BCUT2D eigenvalue weighted by molar-refractivity contribution is 0.332. The van der Waals surface area contributed by atoms with Crippen molar-refractivity contribution < 1.29 is 0 Å². The molecule has 0 unspecified atom stereocenters. The van der Waals surface area contributed by atoms with Crippen LogP contribution in [-0.2, 0) is 27.1 Å². The first-order valence-corrected chi connectivity index (χ1v) is 26.1. The van der Waals surface area contributed by atoms with Crippen LogP contribution in [0.1, 0.15) is 131 Å². The van der Waals surface area contributed by atoms with Gasteiger partial charge in [0.15, 0.2) is 0 Å². The first-order chi connectivity index (χ1) is 32.6. The largest absolute Gasteiger partial charge is 0.311 e. The van der Waals surface area contributed by atoms with E-state index in [1.54, 1.807) is 0 Å². The van der Waals surface area contributed by atoms with Crippen molar-refractivity contribution >= 4 is 95.0 Å². The standard InChI is InChI=1S/C64H68BN3S/c1-60(2,3)41-28-31-45(32-29-41)67-54-37-46(66(43-22-16-14-17-23-43)44-24-18-15-19-25-44)38-55-57(54)65(59-58(67)47-36-42(61(4,5)6)30-33-56(47)69-59)51-39-49-50(64(12,13)35-34-63(49,10)11)40-53(51)68(55)52-27-21-20-26-48(52)62(7,8)9/h14-33,36-40H,34-35H2,1-13H3. The van der Waals surface area contributed by atoms with E-state index in [-0.39, 0.29) is 33.8 Å². The second-order valence-corrected chi connectivity index (χ2v) is 25.7. The molecule has 3 nitrogen and oxygen atoms in total. The molecule has 0 saturated heterocycles. The van der Waals surface area contributed by atoms with Gasteiger partial charge in [-0.3, -0.25) is 0 Å². The molecule has 0 atom stereocenters. The van der Waals surface area contributed by atoms with Gasteiger partial charge in [-0.25, -0.2) is 0 Å². The van der Waals surface area contributed by atoms with E-state index in [0.717, 1.165) is 29.9 Å². The summed E-state index contributed by atoms with van der Waals surface area (Å²) in [5.41, 5.74) is 20.5. The quantitative estimate of drug-likeness (QED) is 0.159. The average molecular weight is 922 g/mol. The van der Waals surface area contributed by atoms with Gasteiger partial charge >= 0.3 is 0 Å². The smallest absolute Gasteiger partial charge is 0.264 e. The lowest BCUT2D eigenvalue weighted by Gasteiger charge is -2.47. The minimum atomic E-state index is -0.120. The third-order valence-electron chi connectivity index (χ3n) is 15.7. The van der Waals surface area contributed by atoms with Crippen LogP contribution in [0.15, 0.2) is 152 Å². The third kappa shape index (κ3) is 7.45. The van der Waals surface area contributed by atoms with Crippen LogP contribution in [-0.4, -0.2) is 6.71 Å². The Bertz CT molecular complexity index is 3250. The number of benzene rings is 7. The van der Waals surface area contributed by atoms with E-state index in [2.05, 4.69) is 256 Å². The van der Waals surface area contributed by atoms with Crippen molar-refractivity contribution in [2.75, 3.05) is 14.7 Å². The molecule has 1 aromatic heterocycles. The van der Waals surface area contributed by atoms with Gasteiger partial charge in [0.1, 0.15) is 0 Å². The van der Waals surface area contributed by atoms with Crippen LogP contribution < -0.4 is 30.4 Å². The van der Waals surface area contributed by atoms with Crippen molar-refractivity contribution in [3.63, 3.8) is 0 Å². The van der Waals surface area contributed by atoms with Crippen molar-refractivity contribution in [2.24, 2.45) is 0 Å². The topological polar surface area (TPSA) is 9.72 Å². The van der Waals surface area contributed by atoms with E-state index in [1.807, 2.05) is 11.3 Å². The Hall–Kier alpha value is -6.04. The lowest BCUT2D eigenvalue weighted by Crippen LogP contribution is -2.61. The highest BCUT2D eigenvalue weighted by Crippen LogP contribution is 2.54. The van der Waals surface area contributed by atoms with Gasteiger partial charge in [0, 0.05) is 54.7 Å². The summed E-state index contributed by atoms with van der Waals surface area (Å²) < 4.78 is 2.74. The van der Waals surface area contributed by atoms with Crippen LogP contribution in [0.2, 0.25) is 0 Å². The predicted octanol–water partition coefficient (Wildman–Crippen LogP) is 16.7. The van der Waals surface area contributed by atoms with Crippen LogP contribution in [0.4, 0.5) is 51.2 Å². The highest BCUT2D eigenvalue weighted by atomic mass is 32.1. The molecule has 0 radical (unpaired) electrons. The summed E-state index contributed by atoms with van der Waals surface area (Å²) >= 11 is 2.00. The molecular formula is C64H68BN3S. The van der Waals surface area contributed by atoms with Gasteiger partial charge in [0.05, 0.1) is 11.4 Å². The van der Waals surface area contributed by atoms with Gasteiger partial charge < -0.3 is 14.7 Å². The molecule has 3 heterocycles. The molecule has 2 aliphatic heterocycles. The van der Waals surface area contributed by atoms with E-state index in [9.17, 15) is 0 Å². The Morgan fingerprint density at radius 3 is 1.61 bits per heavy atom. The fourth-order valence-corrected chi connectivity index (χ4v) is 13.0. The number of anilines is 9. The molecule has 69 heavy (non-hydrogen) atoms. The summed E-state index contributed by atoms with van der Waals surface area (Å²) in [6, 6.07) is 58.3. The van der Waals surface area contributed by atoms with Crippen molar-refractivity contribution in [1.29, 1.82) is 0 Å². The van der Waals surface area contributed by atoms with Gasteiger partial charge in [-0.05, 0) is 151 Å². The molecule has 5 heteroatoms. The molecule has 0 amide bonds. The van der Waals surface area contributed by atoms with Crippen molar-refractivity contribution in [3.05, 3.63) is 179 Å². The monoisotopic (exact) mass is 922 g/mol. The number of thiophene rings is 1. The molecular weight excluding hydrogens is 854 g/mol. The summed E-state index contributed by atoms with van der Waals surface area (Å²) in [6.45, 7) is 31.0. The highest BCUT2D eigenvalue weighted by molar-refractivity contribution is 7.33. The number of para-hydroxylation sites is 3. The number of hydrogen-bond donors (Lipinski definition) is 0. The van der Waals surface area contributed by atoms with Gasteiger partial charge in [0.2, 0.25) is 0 Å². The molecule has 1 aliphatic carbocycles. The molecule has 0 saturated carbocycles. The van der Waals surface area contributed by atoms with Crippen molar-refractivity contribution in [2.45, 2.75) is 130 Å². The fraction of sp³-hybridized carbons (Fsp3) is 0.312. The molecule has 0 spiro atoms. The molecule has 0 fully saturated rings. The Morgan fingerprint density at radius 2 is 1.03 bits per heavy atom. The molecule has 8 aromatic rings. The lowest BCUT2D eigenvalue weighted by atomic mass is 9.35. The van der Waals surface area contributed by atoms with Crippen LogP contribution >= 0.6 is 11.3 Å². The van der Waals surface area contributed by atoms with Crippen LogP contribution in [0.25, 0.3) is 10.1 Å². The number of rotatable bonds is 5. The maximum atomic E-state index is 2.69. The van der Waals surface area contributed by atoms with E-state index in [1.165, 1.54) is 87.7 Å². The second kappa shape index (κ2) is 15.7. The minimum absolute atomic E-state index is 0.000670. The van der Waals surface area contributed by atoms with Crippen molar-refractivity contribution in [1.82, 2.24) is 0 Å². The summed E-state index contributed by atoms with van der Waals surface area (Å²) in [5, 5.41) is 1.32. The molecule has 348 valence electrons. The average Bonchev–Trinajstić information content (AvgIpc) is 3.69. The van der Waals surface area contributed by atoms with Crippen molar-refractivity contribution in [3.8, 4) is 0 Å². The SMILES string of the molecule is CC(C)(C)c1ccc(N2c3cc(N(c4ccccc4)c4ccccc4)cc4c3B(c3cc5c(cc3N4c3ccccc3C(C)(C)C)C(C)(C)CCC5(C)C)c3sc4ccc(C(C)(C)C)cc4c32)cc1. The van der Waals surface area contributed by atoms with Gasteiger partial charge in [-0.15, -0.1) is 11.3 Å². The summed E-state index contributed by atoms with van der Waals surface area (Å²) in [7, 11) is 0. The minimum Gasteiger partial charge on any atom is -0.311 e. The molecule has 7 aromatic carbocycles. The predicted molar refractivity (Wildman–Crippen MR) is 302 cm³/mol. The Balaban J connectivity index is 1.34. The number of fused-ring (bicyclic) bond motifs is 7. The Kier molecular flexibility index (Phi) is 10.4.